The predicted molar refractivity (Wildman–Crippen MR) is 278 cm³/mol. The number of para-hydroxylation sites is 4. The summed E-state index contributed by atoms with van der Waals surface area (Å²) in [5.41, 5.74) is 21.9. The number of aromatic nitrogens is 3. The standard InChI is InChI=1S/C62H50N4/c1-3-4-26-48-41(2)63(61-51(48)30-19-31-52-49-27-12-7-13-32-56(49)66(62(52)61)45-23-10-6-11-24-45)46-25-18-20-42-39-47(36-35-43(42)40-46)64-57-34-17-15-29-54(57)59-58(64)38-37-53-50-28-14-16-33-55(50)65(60(53)59)44-21-8-5-9-22-44/h4-17,19-26,28-30,32-40,58-59H,3,18,27,31H2,1-2H3/b26-4-. The van der Waals surface area contributed by atoms with Crippen LogP contribution in [0.3, 0.4) is 0 Å². The van der Waals surface area contributed by atoms with E-state index in [0.29, 0.717) is 0 Å². The van der Waals surface area contributed by atoms with Gasteiger partial charge in [-0.3, -0.25) is 0 Å². The van der Waals surface area contributed by atoms with Gasteiger partial charge in [-0.15, -0.1) is 0 Å². The highest BCUT2D eigenvalue weighted by Crippen LogP contribution is 2.53. The molecule has 0 spiro atoms. The van der Waals surface area contributed by atoms with Crippen molar-refractivity contribution >= 4 is 64.4 Å². The van der Waals surface area contributed by atoms with Crippen LogP contribution in [0.4, 0.5) is 11.4 Å². The van der Waals surface area contributed by atoms with Crippen LogP contribution in [-0.2, 0) is 12.8 Å². The Kier molecular flexibility index (Phi) is 9.02. The summed E-state index contributed by atoms with van der Waals surface area (Å²) < 4.78 is 7.63. The summed E-state index contributed by atoms with van der Waals surface area (Å²) in [5, 5.41) is 3.79. The molecule has 13 rings (SSSR count). The zero-order valence-corrected chi connectivity index (χ0v) is 37.4. The molecule has 5 aromatic carbocycles. The Morgan fingerprint density at radius 2 is 1.41 bits per heavy atom. The van der Waals surface area contributed by atoms with E-state index in [1.807, 2.05) is 0 Å². The lowest BCUT2D eigenvalue weighted by Crippen LogP contribution is -2.33. The zero-order chi connectivity index (χ0) is 43.9. The lowest BCUT2D eigenvalue weighted by molar-refractivity contribution is 0.692. The number of allylic oxidation sites excluding steroid dienone is 7. The van der Waals surface area contributed by atoms with Crippen LogP contribution in [0.5, 0.6) is 0 Å². The maximum atomic E-state index is 2.60. The van der Waals surface area contributed by atoms with Gasteiger partial charge < -0.3 is 18.6 Å². The highest BCUT2D eigenvalue weighted by Gasteiger charge is 2.44. The minimum atomic E-state index is 0.124. The number of hydrogen-bond donors (Lipinski definition) is 0. The molecule has 0 bridgehead atoms. The van der Waals surface area contributed by atoms with Crippen LogP contribution in [0.2, 0.25) is 0 Å². The third-order valence-electron chi connectivity index (χ3n) is 14.6. The molecule has 0 fully saturated rings. The molecule has 66 heavy (non-hydrogen) atoms. The van der Waals surface area contributed by atoms with Gasteiger partial charge in [0.15, 0.2) is 0 Å². The van der Waals surface area contributed by atoms with Gasteiger partial charge in [0.25, 0.3) is 0 Å². The van der Waals surface area contributed by atoms with Gasteiger partial charge in [0.1, 0.15) is 0 Å². The molecule has 5 aliphatic rings. The monoisotopic (exact) mass is 850 g/mol. The van der Waals surface area contributed by atoms with Gasteiger partial charge in [0, 0.05) is 61.9 Å². The van der Waals surface area contributed by atoms with Crippen molar-refractivity contribution in [2.45, 2.75) is 51.5 Å². The lowest BCUT2D eigenvalue weighted by atomic mass is 9.84. The molecule has 1 aliphatic heterocycles. The van der Waals surface area contributed by atoms with Crippen LogP contribution < -0.4 is 15.3 Å². The second kappa shape index (κ2) is 15.4. The molecule has 2 atom stereocenters. The number of hydrogen-bond acceptors (Lipinski definition) is 1. The van der Waals surface area contributed by atoms with Gasteiger partial charge in [-0.1, -0.05) is 153 Å². The molecule has 0 N–H and O–H groups in total. The van der Waals surface area contributed by atoms with Crippen LogP contribution in [0, 0.1) is 6.92 Å². The molecule has 0 saturated carbocycles. The predicted octanol–water partition coefficient (Wildman–Crippen LogP) is 13.5. The normalized spacial score (nSPS) is 17.4. The average Bonchev–Trinajstić information content (AvgIpc) is 3.86. The molecule has 2 unspecified atom stereocenters. The minimum Gasteiger partial charge on any atom is -0.333 e. The van der Waals surface area contributed by atoms with Gasteiger partial charge in [0.2, 0.25) is 0 Å². The number of benzene rings is 5. The smallest absolute Gasteiger partial charge is 0.0782 e. The van der Waals surface area contributed by atoms with Crippen molar-refractivity contribution in [3.8, 4) is 22.8 Å². The third-order valence-corrected chi connectivity index (χ3v) is 14.6. The summed E-state index contributed by atoms with van der Waals surface area (Å²) in [4.78, 5) is 2.60. The van der Waals surface area contributed by atoms with E-state index in [-0.39, 0.29) is 12.0 Å². The van der Waals surface area contributed by atoms with E-state index in [4.69, 9.17) is 0 Å². The summed E-state index contributed by atoms with van der Waals surface area (Å²) in [6.45, 7) is 4.54. The molecule has 4 nitrogen and oxygen atoms in total. The molecule has 4 heterocycles. The molecular weight excluding hydrogens is 801 g/mol. The molecule has 0 radical (unpaired) electrons. The number of fused-ring (bicyclic) bond motifs is 13. The Morgan fingerprint density at radius 3 is 2.26 bits per heavy atom. The van der Waals surface area contributed by atoms with Crippen LogP contribution in [0.1, 0.15) is 76.1 Å². The quantitative estimate of drug-likeness (QED) is 0.163. The van der Waals surface area contributed by atoms with Crippen molar-refractivity contribution in [3.05, 3.63) is 231 Å². The summed E-state index contributed by atoms with van der Waals surface area (Å²) in [5.74, 6) is 0.162. The second-order valence-corrected chi connectivity index (χ2v) is 18.1. The first-order chi connectivity index (χ1) is 32.7. The van der Waals surface area contributed by atoms with Crippen molar-refractivity contribution in [3.63, 3.8) is 0 Å². The SMILES string of the molecule is CC/C=C\c1c2c(n(C3=CCC=c4cc(N5c6ccccc6C6c7c(c8ccccc8n7-c7ccccc7)C=CC65)ccc4=C3)c1C)-c1c(c3c(n1-c1ccccc1)C=CC=CC3)CC=C2. The fourth-order valence-corrected chi connectivity index (χ4v) is 11.8. The van der Waals surface area contributed by atoms with Crippen LogP contribution in [0.15, 0.2) is 170 Å². The third kappa shape index (κ3) is 5.77. The maximum Gasteiger partial charge on any atom is 0.0782 e. The summed E-state index contributed by atoms with van der Waals surface area (Å²) in [6.07, 6.45) is 34.2. The van der Waals surface area contributed by atoms with Gasteiger partial charge in [-0.2, -0.15) is 0 Å². The van der Waals surface area contributed by atoms with Gasteiger partial charge >= 0.3 is 0 Å². The Labute approximate surface area is 386 Å². The van der Waals surface area contributed by atoms with E-state index in [2.05, 4.69) is 239 Å². The van der Waals surface area contributed by atoms with Gasteiger partial charge in [0.05, 0.1) is 34.6 Å². The largest absolute Gasteiger partial charge is 0.333 e. The summed E-state index contributed by atoms with van der Waals surface area (Å²) in [6, 6.07) is 47.2. The minimum absolute atomic E-state index is 0.124. The van der Waals surface area contributed by atoms with E-state index in [0.717, 1.165) is 25.7 Å². The summed E-state index contributed by atoms with van der Waals surface area (Å²) in [7, 11) is 0. The Balaban J connectivity index is 0.964. The first-order valence-electron chi connectivity index (χ1n) is 23.7. The first-order valence-corrected chi connectivity index (χ1v) is 23.7. The van der Waals surface area contributed by atoms with E-state index in [1.54, 1.807) is 0 Å². The van der Waals surface area contributed by atoms with Crippen LogP contribution >= 0.6 is 0 Å². The highest BCUT2D eigenvalue weighted by molar-refractivity contribution is 5.96. The van der Waals surface area contributed by atoms with Crippen molar-refractivity contribution in [1.29, 1.82) is 0 Å². The van der Waals surface area contributed by atoms with E-state index in [9.17, 15) is 0 Å². The number of anilines is 2. The van der Waals surface area contributed by atoms with Gasteiger partial charge in [-0.25, -0.2) is 0 Å². The van der Waals surface area contributed by atoms with Gasteiger partial charge in [-0.05, 0) is 120 Å². The van der Waals surface area contributed by atoms with Crippen LogP contribution in [0.25, 0.3) is 75.8 Å². The molecule has 0 saturated heterocycles. The fourth-order valence-electron chi connectivity index (χ4n) is 11.8. The molecular formula is C62H50N4. The van der Waals surface area contributed by atoms with E-state index < -0.39 is 0 Å². The zero-order valence-electron chi connectivity index (χ0n) is 37.4. The Hall–Kier alpha value is -7.82. The molecule has 3 aromatic heterocycles. The van der Waals surface area contributed by atoms with Crippen molar-refractivity contribution < 1.29 is 0 Å². The number of rotatable bonds is 6. The molecule has 8 aromatic rings. The summed E-state index contributed by atoms with van der Waals surface area (Å²) >= 11 is 0. The second-order valence-electron chi connectivity index (χ2n) is 18.1. The maximum absolute atomic E-state index is 2.60. The van der Waals surface area contributed by atoms with Crippen molar-refractivity contribution in [1.82, 2.24) is 13.7 Å². The van der Waals surface area contributed by atoms with E-state index in [1.165, 1.54) is 112 Å². The highest BCUT2D eigenvalue weighted by atomic mass is 15.2. The van der Waals surface area contributed by atoms with Crippen LogP contribution in [-0.4, -0.2) is 19.7 Å². The Bertz CT molecular complexity index is 3610. The Morgan fingerprint density at radius 1 is 0.636 bits per heavy atom. The molecule has 318 valence electrons. The molecule has 4 heteroatoms. The average molecular weight is 851 g/mol. The fraction of sp³-hybridized carbons (Fsp3) is 0.129. The van der Waals surface area contributed by atoms with Crippen molar-refractivity contribution in [2.75, 3.05) is 4.90 Å². The first kappa shape index (κ1) is 38.6. The van der Waals surface area contributed by atoms with Crippen molar-refractivity contribution in [2.24, 2.45) is 0 Å². The lowest BCUT2D eigenvalue weighted by Gasteiger charge is -2.31. The topological polar surface area (TPSA) is 18.0 Å². The van der Waals surface area contributed by atoms with E-state index >= 15 is 0 Å². The number of nitrogens with zero attached hydrogens (tertiary/aromatic N) is 4. The molecule has 0 amide bonds. The molecule has 4 aliphatic carbocycles.